The quantitative estimate of drug-likeness (QED) is 0.533. The highest BCUT2D eigenvalue weighted by Gasteiger charge is 2.25. The van der Waals surface area contributed by atoms with Crippen LogP contribution in [0.1, 0.15) is 45.4 Å². The summed E-state index contributed by atoms with van der Waals surface area (Å²) in [6.07, 6.45) is 6.00. The molecule has 0 aromatic heterocycles. The number of amides is 2. The van der Waals surface area contributed by atoms with Gasteiger partial charge in [0.05, 0.1) is 0 Å². The highest BCUT2D eigenvalue weighted by Crippen LogP contribution is 2.18. The average molecular weight is 325 g/mol. The highest BCUT2D eigenvalue weighted by molar-refractivity contribution is 6.30. The number of anilines is 1. The summed E-state index contributed by atoms with van der Waals surface area (Å²) in [5, 5.41) is 5.89. The Bertz CT molecular complexity index is 491. The molecule has 5 heteroatoms. The summed E-state index contributed by atoms with van der Waals surface area (Å²) in [5.41, 5.74) is 0.609. The minimum absolute atomic E-state index is 0.241. The Hall–Kier alpha value is -1.55. The standard InChI is InChI=1S/C17H25ClN2O2/c1-3-4-5-6-7-11-15(16(21)19-2)17(22)20-14-10-8-9-13(18)12-14/h8-10,12,15H,3-7,11H2,1-2H3,(H,19,21)(H,20,22). The average Bonchev–Trinajstić information content (AvgIpc) is 2.50. The van der Waals surface area contributed by atoms with Crippen molar-refractivity contribution >= 4 is 29.1 Å². The summed E-state index contributed by atoms with van der Waals surface area (Å²) >= 11 is 5.90. The molecule has 0 saturated carbocycles. The van der Waals surface area contributed by atoms with Crippen molar-refractivity contribution in [2.24, 2.45) is 5.92 Å². The van der Waals surface area contributed by atoms with Gasteiger partial charge in [-0.05, 0) is 24.6 Å². The van der Waals surface area contributed by atoms with Crippen molar-refractivity contribution < 1.29 is 9.59 Å². The Morgan fingerprint density at radius 2 is 1.86 bits per heavy atom. The van der Waals surface area contributed by atoms with Crippen LogP contribution in [0.2, 0.25) is 5.02 Å². The van der Waals surface area contributed by atoms with E-state index in [1.165, 1.54) is 12.8 Å². The molecule has 22 heavy (non-hydrogen) atoms. The van der Waals surface area contributed by atoms with Gasteiger partial charge in [0.2, 0.25) is 11.8 Å². The van der Waals surface area contributed by atoms with Gasteiger partial charge in [0.1, 0.15) is 5.92 Å². The molecule has 0 saturated heterocycles. The van der Waals surface area contributed by atoms with Gasteiger partial charge in [0.15, 0.2) is 0 Å². The lowest BCUT2D eigenvalue weighted by atomic mass is 9.98. The van der Waals surface area contributed by atoms with Crippen LogP contribution in [0.3, 0.4) is 0 Å². The second-order valence-corrected chi connectivity index (χ2v) is 5.81. The zero-order chi connectivity index (χ0) is 16.4. The van der Waals surface area contributed by atoms with Crippen molar-refractivity contribution in [1.29, 1.82) is 0 Å². The number of halogens is 1. The van der Waals surface area contributed by atoms with E-state index in [0.29, 0.717) is 17.1 Å². The van der Waals surface area contributed by atoms with E-state index in [9.17, 15) is 9.59 Å². The van der Waals surface area contributed by atoms with Crippen LogP contribution in [0.4, 0.5) is 5.69 Å². The maximum atomic E-state index is 12.3. The Kier molecular flexibility index (Phi) is 8.60. The minimum atomic E-state index is -0.661. The molecule has 2 N–H and O–H groups in total. The number of hydrogen-bond acceptors (Lipinski definition) is 2. The first-order chi connectivity index (χ1) is 10.6. The van der Waals surface area contributed by atoms with Crippen LogP contribution >= 0.6 is 11.6 Å². The number of hydrogen-bond donors (Lipinski definition) is 2. The van der Waals surface area contributed by atoms with Crippen LogP contribution in [0.15, 0.2) is 24.3 Å². The van der Waals surface area contributed by atoms with Crippen LogP contribution in [0, 0.1) is 5.92 Å². The first kappa shape index (κ1) is 18.5. The Labute approximate surface area is 137 Å². The predicted octanol–water partition coefficient (Wildman–Crippen LogP) is 4.00. The van der Waals surface area contributed by atoms with Crippen molar-refractivity contribution in [2.45, 2.75) is 45.4 Å². The van der Waals surface area contributed by atoms with E-state index in [1.54, 1.807) is 31.3 Å². The van der Waals surface area contributed by atoms with Gasteiger partial charge in [-0.1, -0.05) is 56.7 Å². The smallest absolute Gasteiger partial charge is 0.236 e. The lowest BCUT2D eigenvalue weighted by Gasteiger charge is -2.15. The molecule has 0 aliphatic carbocycles. The molecule has 122 valence electrons. The molecular formula is C17H25ClN2O2. The van der Waals surface area contributed by atoms with E-state index in [-0.39, 0.29) is 11.8 Å². The first-order valence-electron chi connectivity index (χ1n) is 7.86. The molecule has 0 spiro atoms. The topological polar surface area (TPSA) is 58.2 Å². The van der Waals surface area contributed by atoms with Gasteiger partial charge in [-0.25, -0.2) is 0 Å². The van der Waals surface area contributed by atoms with E-state index in [1.807, 2.05) is 0 Å². The fourth-order valence-corrected chi connectivity index (χ4v) is 2.49. The van der Waals surface area contributed by atoms with Crippen molar-refractivity contribution in [2.75, 3.05) is 12.4 Å². The molecule has 0 fully saturated rings. The molecule has 1 rings (SSSR count). The van der Waals surface area contributed by atoms with Gasteiger partial charge in [0.25, 0.3) is 0 Å². The number of carbonyl (C=O) groups excluding carboxylic acids is 2. The van der Waals surface area contributed by atoms with Gasteiger partial charge in [-0.3, -0.25) is 9.59 Å². The zero-order valence-corrected chi connectivity index (χ0v) is 14.1. The molecule has 1 atom stereocenters. The second-order valence-electron chi connectivity index (χ2n) is 5.37. The molecule has 0 radical (unpaired) electrons. The summed E-state index contributed by atoms with van der Waals surface area (Å²) in [6.45, 7) is 2.16. The number of rotatable bonds is 9. The predicted molar refractivity (Wildman–Crippen MR) is 91.0 cm³/mol. The van der Waals surface area contributed by atoms with Gasteiger partial charge < -0.3 is 10.6 Å². The molecule has 0 aliphatic heterocycles. The molecule has 0 bridgehead atoms. The van der Waals surface area contributed by atoms with Crippen LogP contribution in [-0.4, -0.2) is 18.9 Å². The fraction of sp³-hybridized carbons (Fsp3) is 0.529. The molecule has 1 aromatic rings. The van der Waals surface area contributed by atoms with E-state index >= 15 is 0 Å². The maximum absolute atomic E-state index is 12.3. The number of unbranched alkanes of at least 4 members (excludes halogenated alkanes) is 4. The van der Waals surface area contributed by atoms with Crippen LogP contribution in [0.25, 0.3) is 0 Å². The second kappa shape index (κ2) is 10.2. The molecule has 0 heterocycles. The lowest BCUT2D eigenvalue weighted by molar-refractivity contribution is -0.132. The summed E-state index contributed by atoms with van der Waals surface area (Å²) in [7, 11) is 1.55. The normalized spacial score (nSPS) is 11.8. The Morgan fingerprint density at radius 1 is 1.14 bits per heavy atom. The monoisotopic (exact) mass is 324 g/mol. The van der Waals surface area contributed by atoms with Crippen LogP contribution in [0.5, 0.6) is 0 Å². The number of benzene rings is 1. The van der Waals surface area contributed by atoms with Crippen LogP contribution in [-0.2, 0) is 9.59 Å². The SMILES string of the molecule is CCCCCCCC(C(=O)NC)C(=O)Nc1cccc(Cl)c1. The Morgan fingerprint density at radius 3 is 2.50 bits per heavy atom. The summed E-state index contributed by atoms with van der Waals surface area (Å²) in [4.78, 5) is 24.3. The fourth-order valence-electron chi connectivity index (χ4n) is 2.30. The third-order valence-corrected chi connectivity index (χ3v) is 3.80. The largest absolute Gasteiger partial charge is 0.358 e. The molecule has 1 aromatic carbocycles. The van der Waals surface area contributed by atoms with E-state index in [2.05, 4.69) is 17.6 Å². The first-order valence-corrected chi connectivity index (χ1v) is 8.24. The van der Waals surface area contributed by atoms with Crippen molar-refractivity contribution in [3.63, 3.8) is 0 Å². The molecule has 1 unspecified atom stereocenters. The van der Waals surface area contributed by atoms with E-state index in [4.69, 9.17) is 11.6 Å². The highest BCUT2D eigenvalue weighted by atomic mass is 35.5. The third kappa shape index (κ3) is 6.48. The summed E-state index contributed by atoms with van der Waals surface area (Å²) in [6, 6.07) is 6.92. The number of carbonyl (C=O) groups is 2. The lowest BCUT2D eigenvalue weighted by Crippen LogP contribution is -2.36. The summed E-state index contributed by atoms with van der Waals surface area (Å²) < 4.78 is 0. The minimum Gasteiger partial charge on any atom is -0.358 e. The van der Waals surface area contributed by atoms with Gasteiger partial charge in [0, 0.05) is 17.8 Å². The number of nitrogens with one attached hydrogen (secondary N) is 2. The zero-order valence-electron chi connectivity index (χ0n) is 13.3. The van der Waals surface area contributed by atoms with E-state index < -0.39 is 5.92 Å². The molecule has 0 aliphatic rings. The third-order valence-electron chi connectivity index (χ3n) is 3.57. The van der Waals surface area contributed by atoms with Gasteiger partial charge in [-0.15, -0.1) is 0 Å². The van der Waals surface area contributed by atoms with E-state index in [0.717, 1.165) is 19.3 Å². The molecule has 4 nitrogen and oxygen atoms in total. The molecule has 2 amide bonds. The van der Waals surface area contributed by atoms with Gasteiger partial charge in [-0.2, -0.15) is 0 Å². The van der Waals surface area contributed by atoms with Crippen molar-refractivity contribution in [3.05, 3.63) is 29.3 Å². The van der Waals surface area contributed by atoms with Gasteiger partial charge >= 0.3 is 0 Å². The van der Waals surface area contributed by atoms with Crippen molar-refractivity contribution in [1.82, 2.24) is 5.32 Å². The maximum Gasteiger partial charge on any atom is 0.236 e. The van der Waals surface area contributed by atoms with Crippen LogP contribution < -0.4 is 10.6 Å². The van der Waals surface area contributed by atoms with Crippen molar-refractivity contribution in [3.8, 4) is 0 Å². The molecular weight excluding hydrogens is 300 g/mol. The Balaban J connectivity index is 2.58. The summed E-state index contributed by atoms with van der Waals surface area (Å²) in [5.74, 6) is -1.18.